The van der Waals surface area contributed by atoms with Gasteiger partial charge in [-0.25, -0.2) is 0 Å². The monoisotopic (exact) mass is 170 g/mol. The first-order valence-corrected chi connectivity index (χ1v) is 4.76. The normalized spacial score (nSPS) is 35.8. The van der Waals surface area contributed by atoms with Crippen molar-refractivity contribution >= 4 is 5.97 Å². The molecule has 0 heterocycles. The van der Waals surface area contributed by atoms with Crippen LogP contribution in [-0.4, -0.2) is 11.1 Å². The molecule has 0 radical (unpaired) electrons. The third-order valence-corrected chi connectivity index (χ3v) is 3.17. The van der Waals surface area contributed by atoms with Gasteiger partial charge in [-0.1, -0.05) is 20.8 Å². The van der Waals surface area contributed by atoms with E-state index in [1.807, 2.05) is 0 Å². The number of rotatable bonds is 2. The van der Waals surface area contributed by atoms with Gasteiger partial charge < -0.3 is 5.11 Å². The van der Waals surface area contributed by atoms with Gasteiger partial charge >= 0.3 is 5.97 Å². The van der Waals surface area contributed by atoms with Crippen LogP contribution in [0.25, 0.3) is 0 Å². The molecule has 0 saturated heterocycles. The summed E-state index contributed by atoms with van der Waals surface area (Å²) in [5, 5.41) is 9.00. The number of carboxylic acid groups (broad SMARTS) is 1. The summed E-state index contributed by atoms with van der Waals surface area (Å²) in [6.45, 7) is 6.30. The van der Waals surface area contributed by atoms with E-state index in [-0.39, 0.29) is 5.92 Å². The molecule has 1 aliphatic rings. The fourth-order valence-electron chi connectivity index (χ4n) is 2.41. The molecule has 0 bridgehead atoms. The number of carboxylic acids is 1. The summed E-state index contributed by atoms with van der Waals surface area (Å²) in [6, 6.07) is 0. The van der Waals surface area contributed by atoms with Crippen molar-refractivity contribution in [2.45, 2.75) is 33.6 Å². The van der Waals surface area contributed by atoms with Crippen molar-refractivity contribution < 1.29 is 9.90 Å². The summed E-state index contributed by atoms with van der Waals surface area (Å²) in [5.41, 5.74) is 0. The smallest absolute Gasteiger partial charge is 0.307 e. The zero-order valence-electron chi connectivity index (χ0n) is 8.08. The quantitative estimate of drug-likeness (QED) is 0.691. The van der Waals surface area contributed by atoms with Gasteiger partial charge in [0.1, 0.15) is 0 Å². The zero-order chi connectivity index (χ0) is 9.30. The molecule has 3 atom stereocenters. The zero-order valence-corrected chi connectivity index (χ0v) is 8.08. The van der Waals surface area contributed by atoms with E-state index in [1.165, 1.54) is 0 Å². The molecule has 1 rings (SSSR count). The third-order valence-electron chi connectivity index (χ3n) is 3.17. The molecule has 1 aliphatic carbocycles. The van der Waals surface area contributed by atoms with Gasteiger partial charge in [0, 0.05) is 0 Å². The summed E-state index contributed by atoms with van der Waals surface area (Å²) in [4.78, 5) is 10.9. The van der Waals surface area contributed by atoms with Gasteiger partial charge in [-0.05, 0) is 30.6 Å². The average Bonchev–Trinajstić information content (AvgIpc) is 2.30. The van der Waals surface area contributed by atoms with Crippen LogP contribution >= 0.6 is 0 Å². The van der Waals surface area contributed by atoms with Crippen LogP contribution in [0.2, 0.25) is 0 Å². The first-order valence-electron chi connectivity index (χ1n) is 4.76. The Kier molecular flexibility index (Phi) is 2.76. The van der Waals surface area contributed by atoms with E-state index in [0.717, 1.165) is 12.8 Å². The topological polar surface area (TPSA) is 37.3 Å². The highest BCUT2D eigenvalue weighted by molar-refractivity contribution is 5.71. The Morgan fingerprint density at radius 3 is 2.33 bits per heavy atom. The maximum Gasteiger partial charge on any atom is 0.307 e. The van der Waals surface area contributed by atoms with Crippen LogP contribution in [0.1, 0.15) is 33.6 Å². The van der Waals surface area contributed by atoms with Crippen molar-refractivity contribution in [2.24, 2.45) is 23.7 Å². The third kappa shape index (κ3) is 1.62. The van der Waals surface area contributed by atoms with Crippen LogP contribution in [-0.2, 0) is 4.79 Å². The lowest BCUT2D eigenvalue weighted by Crippen LogP contribution is -2.26. The van der Waals surface area contributed by atoms with Gasteiger partial charge in [0.15, 0.2) is 0 Å². The van der Waals surface area contributed by atoms with Crippen molar-refractivity contribution in [3.8, 4) is 0 Å². The lowest BCUT2D eigenvalue weighted by Gasteiger charge is -2.21. The molecule has 1 fully saturated rings. The Labute approximate surface area is 74.0 Å². The number of hydrogen-bond acceptors (Lipinski definition) is 1. The van der Waals surface area contributed by atoms with Gasteiger partial charge in [-0.2, -0.15) is 0 Å². The van der Waals surface area contributed by atoms with Crippen molar-refractivity contribution in [3.05, 3.63) is 0 Å². The number of aliphatic carboxylic acids is 1. The van der Waals surface area contributed by atoms with Gasteiger partial charge in [0.25, 0.3) is 0 Å². The van der Waals surface area contributed by atoms with E-state index in [0.29, 0.717) is 17.8 Å². The SMILES string of the molecule is CC(C)[C@H]1CC[C@H](C)C1C(=O)O. The molecule has 0 spiro atoms. The molecule has 12 heavy (non-hydrogen) atoms. The Morgan fingerprint density at radius 1 is 1.42 bits per heavy atom. The lowest BCUT2D eigenvalue weighted by atomic mass is 9.83. The summed E-state index contributed by atoms with van der Waals surface area (Å²) >= 11 is 0. The second kappa shape index (κ2) is 3.46. The number of hydrogen-bond donors (Lipinski definition) is 1. The summed E-state index contributed by atoms with van der Waals surface area (Å²) < 4.78 is 0. The summed E-state index contributed by atoms with van der Waals surface area (Å²) in [6.07, 6.45) is 2.18. The Hall–Kier alpha value is -0.530. The fraction of sp³-hybridized carbons (Fsp3) is 0.900. The highest BCUT2D eigenvalue weighted by atomic mass is 16.4. The van der Waals surface area contributed by atoms with Crippen molar-refractivity contribution in [1.29, 1.82) is 0 Å². The van der Waals surface area contributed by atoms with Gasteiger partial charge in [0.05, 0.1) is 5.92 Å². The van der Waals surface area contributed by atoms with Crippen LogP contribution in [0.4, 0.5) is 0 Å². The van der Waals surface area contributed by atoms with Crippen LogP contribution in [0.3, 0.4) is 0 Å². The molecule has 1 saturated carbocycles. The molecule has 1 N–H and O–H groups in total. The highest BCUT2D eigenvalue weighted by Crippen LogP contribution is 2.40. The average molecular weight is 170 g/mol. The molecule has 1 unspecified atom stereocenters. The molecule has 0 amide bonds. The van der Waals surface area contributed by atoms with Crippen LogP contribution in [0, 0.1) is 23.7 Å². The van der Waals surface area contributed by atoms with E-state index in [1.54, 1.807) is 0 Å². The van der Waals surface area contributed by atoms with E-state index >= 15 is 0 Å². The highest BCUT2D eigenvalue weighted by Gasteiger charge is 2.39. The van der Waals surface area contributed by atoms with E-state index in [9.17, 15) is 4.79 Å². The fourth-order valence-corrected chi connectivity index (χ4v) is 2.41. The molecule has 0 aromatic heterocycles. The summed E-state index contributed by atoms with van der Waals surface area (Å²) in [5.74, 6) is 0.590. The summed E-state index contributed by atoms with van der Waals surface area (Å²) in [7, 11) is 0. The predicted octanol–water partition coefficient (Wildman–Crippen LogP) is 2.39. The molecular formula is C10H18O2. The Bertz CT molecular complexity index is 175. The molecule has 0 aromatic carbocycles. The van der Waals surface area contributed by atoms with E-state index in [2.05, 4.69) is 20.8 Å². The molecule has 2 nitrogen and oxygen atoms in total. The molecule has 0 aromatic rings. The molecule has 0 aliphatic heterocycles. The molecule has 70 valence electrons. The standard InChI is InChI=1S/C10H18O2/c1-6(2)8-5-4-7(3)9(8)10(11)12/h6-9H,4-5H2,1-3H3,(H,11,12)/t7-,8+,9?/m0/s1. The second-order valence-corrected chi connectivity index (χ2v) is 4.33. The first-order chi connectivity index (χ1) is 5.54. The minimum Gasteiger partial charge on any atom is -0.481 e. The maximum atomic E-state index is 10.9. The first kappa shape index (κ1) is 9.56. The van der Waals surface area contributed by atoms with E-state index in [4.69, 9.17) is 5.11 Å². The minimum atomic E-state index is -0.598. The Balaban J connectivity index is 2.70. The van der Waals surface area contributed by atoms with Crippen molar-refractivity contribution in [3.63, 3.8) is 0 Å². The predicted molar refractivity (Wildman–Crippen MR) is 47.9 cm³/mol. The lowest BCUT2D eigenvalue weighted by molar-refractivity contribution is -0.144. The van der Waals surface area contributed by atoms with Crippen LogP contribution in [0.15, 0.2) is 0 Å². The van der Waals surface area contributed by atoms with Gasteiger partial charge in [0.2, 0.25) is 0 Å². The Morgan fingerprint density at radius 2 is 2.00 bits per heavy atom. The largest absolute Gasteiger partial charge is 0.481 e. The molecular weight excluding hydrogens is 152 g/mol. The van der Waals surface area contributed by atoms with E-state index < -0.39 is 5.97 Å². The van der Waals surface area contributed by atoms with Crippen LogP contribution < -0.4 is 0 Å². The van der Waals surface area contributed by atoms with Gasteiger partial charge in [-0.15, -0.1) is 0 Å². The minimum absolute atomic E-state index is 0.0926. The van der Waals surface area contributed by atoms with Crippen molar-refractivity contribution in [1.82, 2.24) is 0 Å². The van der Waals surface area contributed by atoms with Crippen molar-refractivity contribution in [2.75, 3.05) is 0 Å². The second-order valence-electron chi connectivity index (χ2n) is 4.33. The van der Waals surface area contributed by atoms with Crippen LogP contribution in [0.5, 0.6) is 0 Å². The maximum absolute atomic E-state index is 10.9. The molecule has 2 heteroatoms. The van der Waals surface area contributed by atoms with Gasteiger partial charge in [-0.3, -0.25) is 4.79 Å². The number of carbonyl (C=O) groups is 1.